The fourth-order valence-corrected chi connectivity index (χ4v) is 4.00. The molecule has 4 rings (SSSR count). The van der Waals surface area contributed by atoms with Gasteiger partial charge in [0, 0.05) is 42.3 Å². The number of aryl methyl sites for hydroxylation is 1. The van der Waals surface area contributed by atoms with Gasteiger partial charge in [-0.15, -0.1) is 0 Å². The standard InChI is InChI=1S/C27H27F2N7O3/c1-2-17-15-18(3-4-19(17)27(37)33-10-14-38-12-7-30)35-25-26-34-16-21(36(26)11-9-32-25)20-5-6-22(39-13-8-31)24(29)23(20)28/h3-6,9,11,15-16H,2,7,10,12-14,30H2,1H3,(H,32,35)(H,33,37). The van der Waals surface area contributed by atoms with Gasteiger partial charge in [-0.1, -0.05) is 6.92 Å². The number of nitrogens with zero attached hydrogens (tertiary/aromatic N) is 4. The molecule has 39 heavy (non-hydrogen) atoms. The number of ether oxygens (including phenoxy) is 2. The van der Waals surface area contributed by atoms with Crippen LogP contribution in [0.3, 0.4) is 0 Å². The van der Waals surface area contributed by atoms with Crippen LogP contribution in [-0.4, -0.2) is 53.2 Å². The quantitative estimate of drug-likeness (QED) is 0.234. The van der Waals surface area contributed by atoms with E-state index in [9.17, 15) is 13.6 Å². The summed E-state index contributed by atoms with van der Waals surface area (Å²) in [6.45, 7) is 3.16. The summed E-state index contributed by atoms with van der Waals surface area (Å²) in [6.07, 6.45) is 5.13. The third-order valence-electron chi connectivity index (χ3n) is 5.83. The second-order valence-corrected chi connectivity index (χ2v) is 8.31. The van der Waals surface area contributed by atoms with E-state index in [-0.39, 0.29) is 17.2 Å². The highest BCUT2D eigenvalue weighted by Crippen LogP contribution is 2.32. The van der Waals surface area contributed by atoms with Crippen molar-refractivity contribution in [3.8, 4) is 23.1 Å². The van der Waals surface area contributed by atoms with E-state index in [4.69, 9.17) is 20.5 Å². The van der Waals surface area contributed by atoms with Crippen molar-refractivity contribution in [1.29, 1.82) is 5.26 Å². The molecule has 0 aliphatic heterocycles. The van der Waals surface area contributed by atoms with Gasteiger partial charge in [0.2, 0.25) is 5.82 Å². The maximum Gasteiger partial charge on any atom is 0.251 e. The molecule has 10 nitrogen and oxygen atoms in total. The van der Waals surface area contributed by atoms with Gasteiger partial charge in [0.1, 0.15) is 6.07 Å². The van der Waals surface area contributed by atoms with Crippen LogP contribution in [0, 0.1) is 23.0 Å². The SMILES string of the molecule is CCc1cc(Nc2nccn3c(-c4ccc(OCC#N)c(F)c4F)cnc23)ccc1C(=O)NCCOCCN. The number of benzene rings is 2. The number of halogens is 2. The van der Waals surface area contributed by atoms with Gasteiger partial charge in [0.25, 0.3) is 5.91 Å². The monoisotopic (exact) mass is 535 g/mol. The minimum Gasteiger partial charge on any atom is -0.476 e. The Labute approximate surface area is 223 Å². The molecule has 0 atom stereocenters. The number of aromatic nitrogens is 3. The zero-order valence-electron chi connectivity index (χ0n) is 21.2. The van der Waals surface area contributed by atoms with Crippen molar-refractivity contribution in [2.75, 3.05) is 38.2 Å². The molecule has 0 saturated carbocycles. The first-order chi connectivity index (χ1) is 19.0. The van der Waals surface area contributed by atoms with Crippen molar-refractivity contribution in [2.24, 2.45) is 5.73 Å². The van der Waals surface area contributed by atoms with Crippen molar-refractivity contribution in [3.63, 3.8) is 0 Å². The molecular formula is C27H27F2N7O3. The molecule has 2 heterocycles. The molecule has 0 aliphatic carbocycles. The maximum absolute atomic E-state index is 14.9. The van der Waals surface area contributed by atoms with Crippen LogP contribution in [-0.2, 0) is 11.2 Å². The number of hydrogen-bond acceptors (Lipinski definition) is 8. The molecular weight excluding hydrogens is 508 g/mol. The molecule has 0 unspecified atom stereocenters. The van der Waals surface area contributed by atoms with E-state index < -0.39 is 18.2 Å². The minimum absolute atomic E-state index is 0.0291. The van der Waals surface area contributed by atoms with Gasteiger partial charge in [-0.25, -0.2) is 14.4 Å². The third-order valence-corrected chi connectivity index (χ3v) is 5.83. The lowest BCUT2D eigenvalue weighted by Gasteiger charge is -2.13. The summed E-state index contributed by atoms with van der Waals surface area (Å²) >= 11 is 0. The Hall–Kier alpha value is -4.60. The lowest BCUT2D eigenvalue weighted by Crippen LogP contribution is -2.28. The molecule has 2 aromatic carbocycles. The van der Waals surface area contributed by atoms with Crippen LogP contribution in [0.25, 0.3) is 16.9 Å². The zero-order chi connectivity index (χ0) is 27.8. The van der Waals surface area contributed by atoms with Crippen LogP contribution in [0.2, 0.25) is 0 Å². The molecule has 1 amide bonds. The van der Waals surface area contributed by atoms with E-state index in [1.807, 2.05) is 13.0 Å². The summed E-state index contributed by atoms with van der Waals surface area (Å²) in [5.74, 6) is -2.48. The number of nitrogens with two attached hydrogens (primary N) is 1. The highest BCUT2D eigenvalue weighted by Gasteiger charge is 2.20. The Morgan fingerprint density at radius 1 is 1.18 bits per heavy atom. The normalized spacial score (nSPS) is 10.8. The van der Waals surface area contributed by atoms with Gasteiger partial charge < -0.3 is 25.8 Å². The molecule has 4 N–H and O–H groups in total. The molecule has 0 aliphatic rings. The fourth-order valence-electron chi connectivity index (χ4n) is 4.00. The topological polar surface area (TPSA) is 140 Å². The molecule has 0 fully saturated rings. The van der Waals surface area contributed by atoms with E-state index in [1.165, 1.54) is 24.5 Å². The van der Waals surface area contributed by atoms with Crippen LogP contribution in [0.15, 0.2) is 48.9 Å². The summed E-state index contributed by atoms with van der Waals surface area (Å²) in [5.41, 5.74) is 8.10. The van der Waals surface area contributed by atoms with Crippen molar-refractivity contribution >= 4 is 23.1 Å². The van der Waals surface area contributed by atoms with Crippen LogP contribution in [0.4, 0.5) is 20.3 Å². The summed E-state index contributed by atoms with van der Waals surface area (Å²) in [5, 5.41) is 14.7. The number of hydrogen-bond donors (Lipinski definition) is 3. The number of amides is 1. The Kier molecular flexibility index (Phi) is 8.98. The fraction of sp³-hybridized carbons (Fsp3) is 0.259. The number of imidazole rings is 1. The van der Waals surface area contributed by atoms with E-state index >= 15 is 0 Å². The minimum atomic E-state index is -1.19. The van der Waals surface area contributed by atoms with Crippen LogP contribution >= 0.6 is 0 Å². The average Bonchev–Trinajstić information content (AvgIpc) is 3.38. The van der Waals surface area contributed by atoms with E-state index in [0.29, 0.717) is 61.1 Å². The Bertz CT molecular complexity index is 1520. The summed E-state index contributed by atoms with van der Waals surface area (Å²) in [4.78, 5) is 21.4. The Balaban J connectivity index is 1.56. The summed E-state index contributed by atoms with van der Waals surface area (Å²) < 4.78 is 41.2. The number of fused-ring (bicyclic) bond motifs is 1. The highest BCUT2D eigenvalue weighted by atomic mass is 19.2. The smallest absolute Gasteiger partial charge is 0.251 e. The van der Waals surface area contributed by atoms with Gasteiger partial charge in [-0.05, 0) is 42.3 Å². The van der Waals surface area contributed by atoms with Crippen molar-refractivity contribution in [3.05, 3.63) is 71.7 Å². The molecule has 2 aromatic heterocycles. The largest absolute Gasteiger partial charge is 0.476 e. The van der Waals surface area contributed by atoms with E-state index in [0.717, 1.165) is 5.56 Å². The summed E-state index contributed by atoms with van der Waals surface area (Å²) in [6, 6.07) is 9.68. The van der Waals surface area contributed by atoms with Gasteiger partial charge >= 0.3 is 0 Å². The van der Waals surface area contributed by atoms with Gasteiger partial charge in [0.15, 0.2) is 29.6 Å². The van der Waals surface area contributed by atoms with E-state index in [2.05, 4.69) is 20.6 Å². The number of carbonyl (C=O) groups excluding carboxylic acids is 1. The number of nitrogens with one attached hydrogen (secondary N) is 2. The predicted octanol–water partition coefficient (Wildman–Crippen LogP) is 3.59. The number of rotatable bonds is 12. The molecule has 0 spiro atoms. The lowest BCUT2D eigenvalue weighted by molar-refractivity contribution is 0.0919. The number of anilines is 2. The molecule has 4 aromatic rings. The van der Waals surface area contributed by atoms with Gasteiger partial charge in [-0.3, -0.25) is 9.20 Å². The zero-order valence-corrected chi connectivity index (χ0v) is 21.2. The molecule has 12 heteroatoms. The van der Waals surface area contributed by atoms with Crippen molar-refractivity contribution in [2.45, 2.75) is 13.3 Å². The van der Waals surface area contributed by atoms with Crippen LogP contribution < -0.4 is 21.1 Å². The number of nitriles is 1. The number of carbonyl (C=O) groups is 1. The first kappa shape index (κ1) is 27.4. The average molecular weight is 536 g/mol. The maximum atomic E-state index is 14.9. The Morgan fingerprint density at radius 2 is 2.03 bits per heavy atom. The van der Waals surface area contributed by atoms with E-state index in [1.54, 1.807) is 28.8 Å². The van der Waals surface area contributed by atoms with Gasteiger partial charge in [0.05, 0.1) is 25.1 Å². The summed E-state index contributed by atoms with van der Waals surface area (Å²) in [7, 11) is 0. The third kappa shape index (κ3) is 6.11. The molecule has 0 radical (unpaired) electrons. The van der Waals surface area contributed by atoms with Crippen molar-refractivity contribution < 1.29 is 23.0 Å². The first-order valence-electron chi connectivity index (χ1n) is 12.2. The van der Waals surface area contributed by atoms with Crippen molar-refractivity contribution in [1.82, 2.24) is 19.7 Å². The lowest BCUT2D eigenvalue weighted by atomic mass is 10.0. The van der Waals surface area contributed by atoms with Crippen LogP contribution in [0.5, 0.6) is 5.75 Å². The highest BCUT2D eigenvalue weighted by molar-refractivity contribution is 5.96. The Morgan fingerprint density at radius 3 is 2.79 bits per heavy atom. The predicted molar refractivity (Wildman–Crippen MR) is 141 cm³/mol. The second kappa shape index (κ2) is 12.8. The molecule has 0 bridgehead atoms. The first-order valence-corrected chi connectivity index (χ1v) is 12.2. The molecule has 202 valence electrons. The second-order valence-electron chi connectivity index (χ2n) is 8.31. The molecule has 0 saturated heterocycles. The van der Waals surface area contributed by atoms with Crippen LogP contribution in [0.1, 0.15) is 22.8 Å². The van der Waals surface area contributed by atoms with Gasteiger partial charge in [-0.2, -0.15) is 9.65 Å².